The Morgan fingerprint density at radius 1 is 1.31 bits per heavy atom. The van der Waals surface area contributed by atoms with E-state index in [0.29, 0.717) is 24.5 Å². The molecule has 3 N–H and O–H groups in total. The first kappa shape index (κ1) is 26.9. The lowest BCUT2D eigenvalue weighted by atomic mass is 9.99. The molecule has 36 heavy (non-hydrogen) atoms. The van der Waals surface area contributed by atoms with Crippen molar-refractivity contribution in [3.8, 4) is 5.75 Å². The number of amides is 4. The van der Waals surface area contributed by atoms with Crippen LogP contribution in [0.15, 0.2) is 24.5 Å². The third-order valence-corrected chi connectivity index (χ3v) is 5.86. The van der Waals surface area contributed by atoms with Gasteiger partial charge in [-0.3, -0.25) is 9.59 Å². The largest absolute Gasteiger partial charge is 0.487 e. The maximum absolute atomic E-state index is 13.5. The quantitative estimate of drug-likeness (QED) is 0.474. The SMILES string of the molecule is CC(C)NC(=O)N(C)C[C@H]1Oc2ccc(NC(=O)Cn3cnnn3)cc2C(=O)N([C@@H](C)CO)C[C@H]1C. The van der Waals surface area contributed by atoms with Gasteiger partial charge in [0.05, 0.1) is 24.8 Å². The Bertz CT molecular complexity index is 1060. The van der Waals surface area contributed by atoms with Crippen molar-refractivity contribution >= 4 is 23.5 Å². The summed E-state index contributed by atoms with van der Waals surface area (Å²) in [6, 6.07) is 4.15. The van der Waals surface area contributed by atoms with Crippen molar-refractivity contribution in [2.24, 2.45) is 5.92 Å². The Kier molecular flexibility index (Phi) is 8.80. The van der Waals surface area contributed by atoms with Gasteiger partial charge in [0.25, 0.3) is 5.91 Å². The number of anilines is 1. The topological polar surface area (TPSA) is 155 Å². The molecule has 0 saturated carbocycles. The van der Waals surface area contributed by atoms with Gasteiger partial charge in [-0.2, -0.15) is 0 Å². The van der Waals surface area contributed by atoms with E-state index in [1.165, 1.54) is 11.0 Å². The van der Waals surface area contributed by atoms with E-state index in [2.05, 4.69) is 26.2 Å². The fourth-order valence-electron chi connectivity index (χ4n) is 3.83. The van der Waals surface area contributed by atoms with E-state index in [1.807, 2.05) is 20.8 Å². The third kappa shape index (κ3) is 6.68. The molecule has 13 heteroatoms. The van der Waals surface area contributed by atoms with Gasteiger partial charge < -0.3 is 30.3 Å². The predicted octanol–water partition coefficient (Wildman–Crippen LogP) is 0.582. The summed E-state index contributed by atoms with van der Waals surface area (Å²) < 4.78 is 7.55. The average molecular weight is 503 g/mol. The highest BCUT2D eigenvalue weighted by atomic mass is 16.5. The van der Waals surface area contributed by atoms with Crippen LogP contribution < -0.4 is 15.4 Å². The highest BCUT2D eigenvalue weighted by Gasteiger charge is 2.34. The van der Waals surface area contributed by atoms with Crippen LogP contribution in [0.4, 0.5) is 10.5 Å². The Morgan fingerprint density at radius 2 is 2.06 bits per heavy atom. The number of carbonyl (C=O) groups is 3. The highest BCUT2D eigenvalue weighted by molar-refractivity contribution is 5.99. The van der Waals surface area contributed by atoms with Gasteiger partial charge >= 0.3 is 6.03 Å². The number of tetrazole rings is 1. The van der Waals surface area contributed by atoms with Crippen LogP contribution in [0.2, 0.25) is 0 Å². The van der Waals surface area contributed by atoms with Gasteiger partial charge in [0.1, 0.15) is 24.7 Å². The number of nitrogens with zero attached hydrogens (tertiary/aromatic N) is 6. The number of aromatic nitrogens is 4. The number of hydrogen-bond acceptors (Lipinski definition) is 8. The van der Waals surface area contributed by atoms with Crippen LogP contribution in [-0.2, 0) is 11.3 Å². The molecule has 2 heterocycles. The van der Waals surface area contributed by atoms with Crippen molar-refractivity contribution in [2.45, 2.75) is 52.4 Å². The van der Waals surface area contributed by atoms with Crippen LogP contribution >= 0.6 is 0 Å². The van der Waals surface area contributed by atoms with Crippen LogP contribution in [0.5, 0.6) is 5.75 Å². The zero-order valence-electron chi connectivity index (χ0n) is 21.2. The summed E-state index contributed by atoms with van der Waals surface area (Å²) in [5.74, 6) is -0.491. The van der Waals surface area contributed by atoms with Crippen molar-refractivity contribution in [1.29, 1.82) is 0 Å². The van der Waals surface area contributed by atoms with E-state index < -0.39 is 12.1 Å². The summed E-state index contributed by atoms with van der Waals surface area (Å²) in [6.07, 6.45) is 0.902. The number of nitrogens with one attached hydrogen (secondary N) is 2. The lowest BCUT2D eigenvalue weighted by Gasteiger charge is -2.38. The molecule has 196 valence electrons. The van der Waals surface area contributed by atoms with Crippen LogP contribution in [-0.4, -0.2) is 97.9 Å². The van der Waals surface area contributed by atoms with Crippen LogP contribution in [0.1, 0.15) is 38.1 Å². The molecule has 1 aromatic carbocycles. The molecule has 3 rings (SSSR count). The molecule has 1 aromatic heterocycles. The number of hydrogen-bond donors (Lipinski definition) is 3. The predicted molar refractivity (Wildman–Crippen MR) is 130 cm³/mol. The molecule has 0 radical (unpaired) electrons. The molecule has 0 bridgehead atoms. The van der Waals surface area contributed by atoms with E-state index in [4.69, 9.17) is 4.74 Å². The van der Waals surface area contributed by atoms with Crippen molar-refractivity contribution in [3.63, 3.8) is 0 Å². The highest BCUT2D eigenvalue weighted by Crippen LogP contribution is 2.30. The van der Waals surface area contributed by atoms with Crippen LogP contribution in [0.25, 0.3) is 0 Å². The molecule has 0 fully saturated rings. The minimum Gasteiger partial charge on any atom is -0.487 e. The summed E-state index contributed by atoms with van der Waals surface area (Å²) in [5, 5.41) is 26.1. The minimum absolute atomic E-state index is 0.00989. The molecule has 1 aliphatic heterocycles. The number of urea groups is 1. The summed E-state index contributed by atoms with van der Waals surface area (Å²) >= 11 is 0. The van der Waals surface area contributed by atoms with Gasteiger partial charge in [-0.05, 0) is 49.4 Å². The standard InChI is InChI=1S/C23H34N8O5/c1-14(2)25-23(35)29(5)10-20-15(3)9-31(16(4)12-32)22(34)18-8-17(6-7-19(18)36-20)26-21(33)11-30-13-24-27-28-30/h6-8,13-16,20,32H,9-12H2,1-5H3,(H,25,35)(H,26,33)/t15-,16+,20-/m1/s1. The number of aliphatic hydroxyl groups is 1. The molecule has 0 saturated heterocycles. The normalized spacial score (nSPS) is 18.5. The Morgan fingerprint density at radius 3 is 2.69 bits per heavy atom. The molecule has 3 atom stereocenters. The zero-order valence-corrected chi connectivity index (χ0v) is 21.2. The maximum Gasteiger partial charge on any atom is 0.317 e. The number of fused-ring (bicyclic) bond motifs is 1. The van der Waals surface area contributed by atoms with Crippen molar-refractivity contribution in [2.75, 3.05) is 32.1 Å². The lowest BCUT2D eigenvalue weighted by Crippen LogP contribution is -2.51. The summed E-state index contributed by atoms with van der Waals surface area (Å²) in [5.41, 5.74) is 0.653. The number of ether oxygens (including phenoxy) is 1. The first-order valence-electron chi connectivity index (χ1n) is 11.8. The van der Waals surface area contributed by atoms with E-state index in [1.54, 1.807) is 42.0 Å². The number of benzene rings is 1. The summed E-state index contributed by atoms with van der Waals surface area (Å²) in [7, 11) is 1.69. The second-order valence-corrected chi connectivity index (χ2v) is 9.37. The van der Waals surface area contributed by atoms with Crippen molar-refractivity contribution in [3.05, 3.63) is 30.1 Å². The van der Waals surface area contributed by atoms with Gasteiger partial charge in [-0.1, -0.05) is 6.92 Å². The van der Waals surface area contributed by atoms with Crippen molar-refractivity contribution < 1.29 is 24.2 Å². The molecule has 0 unspecified atom stereocenters. The average Bonchev–Trinajstić information content (AvgIpc) is 3.33. The zero-order chi connectivity index (χ0) is 26.4. The molecule has 0 aliphatic carbocycles. The fraction of sp³-hybridized carbons (Fsp3) is 0.565. The summed E-state index contributed by atoms with van der Waals surface area (Å²) in [4.78, 5) is 41.5. The molecule has 4 amide bonds. The lowest BCUT2D eigenvalue weighted by molar-refractivity contribution is -0.116. The number of rotatable bonds is 8. The van der Waals surface area contributed by atoms with E-state index in [-0.39, 0.29) is 48.5 Å². The molecular formula is C23H34N8O5. The van der Waals surface area contributed by atoms with Crippen LogP contribution in [0, 0.1) is 5.92 Å². The molecular weight excluding hydrogens is 468 g/mol. The summed E-state index contributed by atoms with van der Waals surface area (Å²) in [6.45, 7) is 7.79. The number of likely N-dealkylation sites (N-methyl/N-ethyl adjacent to an activating group) is 1. The molecule has 1 aliphatic rings. The molecule has 2 aromatic rings. The van der Waals surface area contributed by atoms with Gasteiger partial charge in [0.2, 0.25) is 5.91 Å². The second kappa shape index (κ2) is 11.8. The third-order valence-electron chi connectivity index (χ3n) is 5.86. The van der Waals surface area contributed by atoms with E-state index >= 15 is 0 Å². The number of aliphatic hydroxyl groups excluding tert-OH is 1. The van der Waals surface area contributed by atoms with Crippen molar-refractivity contribution in [1.82, 2.24) is 35.3 Å². The fourth-order valence-corrected chi connectivity index (χ4v) is 3.83. The Hall–Kier alpha value is -3.74. The Labute approximate surface area is 209 Å². The van der Waals surface area contributed by atoms with Gasteiger partial charge in [0, 0.05) is 31.2 Å². The van der Waals surface area contributed by atoms with Gasteiger partial charge in [-0.25, -0.2) is 9.48 Å². The second-order valence-electron chi connectivity index (χ2n) is 9.37. The Balaban J connectivity index is 1.87. The monoisotopic (exact) mass is 502 g/mol. The first-order valence-corrected chi connectivity index (χ1v) is 11.8. The van der Waals surface area contributed by atoms with E-state index in [9.17, 15) is 19.5 Å². The number of carbonyl (C=O) groups excluding carboxylic acids is 3. The van der Waals surface area contributed by atoms with Gasteiger partial charge in [-0.15, -0.1) is 5.10 Å². The maximum atomic E-state index is 13.5. The van der Waals surface area contributed by atoms with Crippen LogP contribution in [0.3, 0.4) is 0 Å². The first-order chi connectivity index (χ1) is 17.1. The van der Waals surface area contributed by atoms with E-state index in [0.717, 1.165) is 0 Å². The smallest absolute Gasteiger partial charge is 0.317 e. The minimum atomic E-state index is -0.438. The van der Waals surface area contributed by atoms with Gasteiger partial charge in [0.15, 0.2) is 0 Å². The molecule has 0 spiro atoms. The molecule has 13 nitrogen and oxygen atoms in total.